The second-order valence-corrected chi connectivity index (χ2v) is 3.28. The van der Waals surface area contributed by atoms with Crippen molar-refractivity contribution in [1.82, 2.24) is 0 Å². The van der Waals surface area contributed by atoms with Crippen LogP contribution in [-0.2, 0) is 6.42 Å². The molecule has 1 atom stereocenters. The number of nitrogens with two attached hydrogens (primary N) is 1. The van der Waals surface area contributed by atoms with E-state index in [0.717, 1.165) is 24.0 Å². The van der Waals surface area contributed by atoms with Crippen LogP contribution in [0.1, 0.15) is 24.5 Å². The molecule has 0 radical (unpaired) electrons. The van der Waals surface area contributed by atoms with Gasteiger partial charge in [0.05, 0.1) is 11.6 Å². The van der Waals surface area contributed by atoms with Gasteiger partial charge in [0.2, 0.25) is 0 Å². The predicted octanol–water partition coefficient (Wildman–Crippen LogP) is 1.84. The maximum atomic E-state index is 8.80. The lowest BCUT2D eigenvalue weighted by molar-refractivity contribution is 0.665. The first-order valence-corrected chi connectivity index (χ1v) is 4.47. The second-order valence-electron chi connectivity index (χ2n) is 3.28. The predicted molar refractivity (Wildman–Crippen MR) is 53.1 cm³/mol. The molecule has 1 aromatic carbocycles. The van der Waals surface area contributed by atoms with Gasteiger partial charge in [-0.05, 0) is 31.4 Å². The van der Waals surface area contributed by atoms with Gasteiger partial charge in [0.25, 0.3) is 0 Å². The third-order valence-corrected chi connectivity index (χ3v) is 2.01. The van der Waals surface area contributed by atoms with E-state index in [1.165, 1.54) is 0 Å². The number of hydrogen-bond acceptors (Lipinski definition) is 2. The van der Waals surface area contributed by atoms with Gasteiger partial charge in [-0.1, -0.05) is 18.2 Å². The van der Waals surface area contributed by atoms with E-state index >= 15 is 0 Å². The summed E-state index contributed by atoms with van der Waals surface area (Å²) >= 11 is 0. The molecule has 0 aliphatic heterocycles. The summed E-state index contributed by atoms with van der Waals surface area (Å²) in [6.45, 7) is 1.98. The highest BCUT2D eigenvalue weighted by Gasteiger charge is 2.01. The molecular weight excluding hydrogens is 160 g/mol. The Balaban J connectivity index is 2.71. The van der Waals surface area contributed by atoms with Crippen LogP contribution >= 0.6 is 0 Å². The Labute approximate surface area is 79.0 Å². The van der Waals surface area contributed by atoms with Crippen molar-refractivity contribution < 1.29 is 0 Å². The number of rotatable bonds is 3. The molecule has 0 spiro atoms. The van der Waals surface area contributed by atoms with Crippen molar-refractivity contribution in [3.8, 4) is 6.07 Å². The SMILES string of the molecule is C[C@H](N)CCc1ccccc1C#N. The molecule has 2 N–H and O–H groups in total. The Morgan fingerprint density at radius 2 is 2.15 bits per heavy atom. The molecular formula is C11H14N2. The van der Waals surface area contributed by atoms with Crippen LogP contribution in [0.5, 0.6) is 0 Å². The van der Waals surface area contributed by atoms with E-state index < -0.39 is 0 Å². The van der Waals surface area contributed by atoms with Crippen molar-refractivity contribution in [3.05, 3.63) is 35.4 Å². The highest BCUT2D eigenvalue weighted by atomic mass is 14.6. The Morgan fingerprint density at radius 1 is 1.46 bits per heavy atom. The van der Waals surface area contributed by atoms with Crippen LogP contribution in [0.4, 0.5) is 0 Å². The van der Waals surface area contributed by atoms with Crippen molar-refractivity contribution in [2.75, 3.05) is 0 Å². The van der Waals surface area contributed by atoms with E-state index in [-0.39, 0.29) is 6.04 Å². The molecule has 1 aromatic rings. The summed E-state index contributed by atoms with van der Waals surface area (Å²) in [5.74, 6) is 0. The number of nitrogens with zero attached hydrogens (tertiary/aromatic N) is 1. The zero-order valence-corrected chi connectivity index (χ0v) is 7.83. The average molecular weight is 174 g/mol. The van der Waals surface area contributed by atoms with Crippen LogP contribution in [0.25, 0.3) is 0 Å². The van der Waals surface area contributed by atoms with Crippen molar-refractivity contribution in [2.45, 2.75) is 25.8 Å². The largest absolute Gasteiger partial charge is 0.328 e. The number of benzene rings is 1. The lowest BCUT2D eigenvalue weighted by atomic mass is 10.0. The molecule has 0 aliphatic carbocycles. The fraction of sp³-hybridized carbons (Fsp3) is 0.364. The molecule has 0 bridgehead atoms. The average Bonchev–Trinajstić information content (AvgIpc) is 2.15. The van der Waals surface area contributed by atoms with Crippen molar-refractivity contribution in [1.29, 1.82) is 5.26 Å². The third-order valence-electron chi connectivity index (χ3n) is 2.01. The maximum absolute atomic E-state index is 8.80. The molecule has 1 rings (SSSR count). The van der Waals surface area contributed by atoms with Gasteiger partial charge >= 0.3 is 0 Å². The van der Waals surface area contributed by atoms with Gasteiger partial charge in [-0.25, -0.2) is 0 Å². The van der Waals surface area contributed by atoms with Crippen molar-refractivity contribution in [2.24, 2.45) is 5.73 Å². The summed E-state index contributed by atoms with van der Waals surface area (Å²) in [4.78, 5) is 0. The Morgan fingerprint density at radius 3 is 2.77 bits per heavy atom. The van der Waals surface area contributed by atoms with Gasteiger partial charge < -0.3 is 5.73 Å². The summed E-state index contributed by atoms with van der Waals surface area (Å²) < 4.78 is 0. The van der Waals surface area contributed by atoms with Gasteiger partial charge in [0.15, 0.2) is 0 Å². The van der Waals surface area contributed by atoms with Crippen LogP contribution in [-0.4, -0.2) is 6.04 Å². The lowest BCUT2D eigenvalue weighted by Crippen LogP contribution is -2.15. The van der Waals surface area contributed by atoms with Gasteiger partial charge in [0, 0.05) is 6.04 Å². The standard InChI is InChI=1S/C11H14N2/c1-9(13)6-7-10-4-2-3-5-11(10)8-12/h2-5,9H,6-7,13H2,1H3/t9-/m0/s1. The van der Waals surface area contributed by atoms with E-state index in [4.69, 9.17) is 11.0 Å². The van der Waals surface area contributed by atoms with Crippen LogP contribution in [0.15, 0.2) is 24.3 Å². The van der Waals surface area contributed by atoms with E-state index in [1.54, 1.807) is 0 Å². The maximum Gasteiger partial charge on any atom is 0.0994 e. The van der Waals surface area contributed by atoms with Gasteiger partial charge in [-0.2, -0.15) is 5.26 Å². The minimum atomic E-state index is 0.201. The molecule has 68 valence electrons. The van der Waals surface area contributed by atoms with Crippen LogP contribution in [0, 0.1) is 11.3 Å². The Bertz CT molecular complexity index is 310. The molecule has 0 amide bonds. The molecule has 0 heterocycles. The van der Waals surface area contributed by atoms with Gasteiger partial charge in [-0.3, -0.25) is 0 Å². The smallest absolute Gasteiger partial charge is 0.0994 e. The summed E-state index contributed by atoms with van der Waals surface area (Å²) in [5.41, 5.74) is 7.52. The van der Waals surface area contributed by atoms with Crippen molar-refractivity contribution >= 4 is 0 Å². The fourth-order valence-electron chi connectivity index (χ4n) is 1.23. The summed E-state index contributed by atoms with van der Waals surface area (Å²) in [6.07, 6.45) is 1.82. The summed E-state index contributed by atoms with van der Waals surface area (Å²) in [7, 11) is 0. The van der Waals surface area contributed by atoms with Gasteiger partial charge in [0.1, 0.15) is 0 Å². The molecule has 0 unspecified atom stereocenters. The Hall–Kier alpha value is -1.33. The number of nitriles is 1. The molecule has 0 aromatic heterocycles. The van der Waals surface area contributed by atoms with Crippen LogP contribution in [0.3, 0.4) is 0 Å². The zero-order chi connectivity index (χ0) is 9.68. The monoisotopic (exact) mass is 174 g/mol. The van der Waals surface area contributed by atoms with Crippen LogP contribution < -0.4 is 5.73 Å². The zero-order valence-electron chi connectivity index (χ0n) is 7.83. The lowest BCUT2D eigenvalue weighted by Gasteiger charge is -2.05. The second kappa shape index (κ2) is 4.64. The van der Waals surface area contributed by atoms with E-state index in [2.05, 4.69) is 6.07 Å². The van der Waals surface area contributed by atoms with E-state index in [1.807, 2.05) is 31.2 Å². The topological polar surface area (TPSA) is 49.8 Å². The molecule has 0 fully saturated rings. The minimum Gasteiger partial charge on any atom is -0.328 e. The van der Waals surface area contributed by atoms with E-state index in [9.17, 15) is 0 Å². The molecule has 0 saturated heterocycles. The molecule has 2 heteroatoms. The number of hydrogen-bond donors (Lipinski definition) is 1. The quantitative estimate of drug-likeness (QED) is 0.760. The molecule has 0 saturated carbocycles. The summed E-state index contributed by atoms with van der Waals surface area (Å²) in [5, 5.41) is 8.80. The third kappa shape index (κ3) is 2.89. The highest BCUT2D eigenvalue weighted by Crippen LogP contribution is 2.10. The fourth-order valence-corrected chi connectivity index (χ4v) is 1.23. The van der Waals surface area contributed by atoms with E-state index in [0.29, 0.717) is 0 Å². The van der Waals surface area contributed by atoms with Gasteiger partial charge in [-0.15, -0.1) is 0 Å². The van der Waals surface area contributed by atoms with Crippen LogP contribution in [0.2, 0.25) is 0 Å². The van der Waals surface area contributed by atoms with Crippen molar-refractivity contribution in [3.63, 3.8) is 0 Å². The first-order valence-electron chi connectivity index (χ1n) is 4.47. The minimum absolute atomic E-state index is 0.201. The molecule has 0 aliphatic rings. The first kappa shape index (κ1) is 9.76. The Kier molecular flexibility index (Phi) is 3.48. The molecule has 2 nitrogen and oxygen atoms in total. The molecule has 13 heavy (non-hydrogen) atoms. The highest BCUT2D eigenvalue weighted by molar-refractivity contribution is 5.37. The first-order chi connectivity index (χ1) is 6.24. The summed E-state index contributed by atoms with van der Waals surface area (Å²) in [6, 6.07) is 10.0. The number of aryl methyl sites for hydroxylation is 1. The normalized spacial score (nSPS) is 12.1.